The molecule has 0 aromatic heterocycles. The van der Waals surface area contributed by atoms with Crippen LogP contribution in [0.15, 0.2) is 24.3 Å². The third-order valence-corrected chi connectivity index (χ3v) is 3.78. The van der Waals surface area contributed by atoms with E-state index in [4.69, 9.17) is 0 Å². The van der Waals surface area contributed by atoms with Gasteiger partial charge in [-0.05, 0) is 51.5 Å². The van der Waals surface area contributed by atoms with Gasteiger partial charge in [-0.25, -0.2) is 0 Å². The van der Waals surface area contributed by atoms with Crippen LogP contribution in [0.1, 0.15) is 18.4 Å². The SMILES string of the molecule is CN1CCC(CNCc2ccccc2OC(F)(F)F)CC1. The highest BCUT2D eigenvalue weighted by molar-refractivity contribution is 5.33. The van der Waals surface area contributed by atoms with Gasteiger partial charge in [0.15, 0.2) is 0 Å². The summed E-state index contributed by atoms with van der Waals surface area (Å²) in [6.45, 7) is 3.38. The number of ether oxygens (including phenoxy) is 1. The van der Waals surface area contributed by atoms with Gasteiger partial charge in [0.25, 0.3) is 0 Å². The lowest BCUT2D eigenvalue weighted by Crippen LogP contribution is -2.34. The van der Waals surface area contributed by atoms with Gasteiger partial charge in [-0.1, -0.05) is 18.2 Å². The summed E-state index contributed by atoms with van der Waals surface area (Å²) < 4.78 is 41.0. The Bertz CT molecular complexity index is 443. The number of piperidine rings is 1. The number of likely N-dealkylation sites (tertiary alicyclic amines) is 1. The molecule has 1 heterocycles. The van der Waals surface area contributed by atoms with E-state index in [2.05, 4.69) is 22.0 Å². The Balaban J connectivity index is 1.83. The topological polar surface area (TPSA) is 24.5 Å². The van der Waals surface area contributed by atoms with Gasteiger partial charge in [0.05, 0.1) is 0 Å². The van der Waals surface area contributed by atoms with Crippen LogP contribution in [-0.4, -0.2) is 37.9 Å². The summed E-state index contributed by atoms with van der Waals surface area (Å²) in [5, 5.41) is 3.25. The van der Waals surface area contributed by atoms with Crippen molar-refractivity contribution in [3.05, 3.63) is 29.8 Å². The number of alkyl halides is 3. The van der Waals surface area contributed by atoms with Crippen LogP contribution >= 0.6 is 0 Å². The zero-order chi connectivity index (χ0) is 15.3. The second-order valence-corrected chi connectivity index (χ2v) is 5.53. The van der Waals surface area contributed by atoms with Crippen LogP contribution < -0.4 is 10.1 Å². The molecule has 6 heteroatoms. The van der Waals surface area contributed by atoms with Crippen molar-refractivity contribution in [2.45, 2.75) is 25.7 Å². The van der Waals surface area contributed by atoms with Crippen LogP contribution in [0.5, 0.6) is 5.75 Å². The van der Waals surface area contributed by atoms with Crippen LogP contribution in [0.4, 0.5) is 13.2 Å². The molecule has 118 valence electrons. The number of hydrogen-bond donors (Lipinski definition) is 1. The number of halogens is 3. The number of hydrogen-bond acceptors (Lipinski definition) is 3. The molecular formula is C15H21F3N2O. The van der Waals surface area contributed by atoms with Gasteiger partial charge in [0, 0.05) is 12.1 Å². The van der Waals surface area contributed by atoms with Gasteiger partial charge < -0.3 is 15.0 Å². The van der Waals surface area contributed by atoms with Gasteiger partial charge >= 0.3 is 6.36 Å². The normalized spacial score (nSPS) is 17.9. The summed E-state index contributed by atoms with van der Waals surface area (Å²) in [6.07, 6.45) is -2.39. The van der Waals surface area contributed by atoms with E-state index in [9.17, 15) is 13.2 Å². The maximum absolute atomic E-state index is 12.3. The molecule has 2 rings (SSSR count). The van der Waals surface area contributed by atoms with E-state index in [0.717, 1.165) is 32.5 Å². The first-order valence-electron chi connectivity index (χ1n) is 7.17. The molecule has 3 nitrogen and oxygen atoms in total. The van der Waals surface area contributed by atoms with Crippen molar-refractivity contribution in [1.82, 2.24) is 10.2 Å². The average Bonchev–Trinajstić information content (AvgIpc) is 2.41. The first-order chi connectivity index (χ1) is 9.94. The molecular weight excluding hydrogens is 281 g/mol. The molecule has 0 amide bonds. The molecule has 0 atom stereocenters. The number of rotatable bonds is 5. The molecule has 0 unspecified atom stereocenters. The lowest BCUT2D eigenvalue weighted by Gasteiger charge is -2.29. The number of nitrogens with one attached hydrogen (secondary N) is 1. The Hall–Kier alpha value is -1.27. The van der Waals surface area contributed by atoms with Crippen molar-refractivity contribution in [2.75, 3.05) is 26.7 Å². The van der Waals surface area contributed by atoms with E-state index in [1.54, 1.807) is 18.2 Å². The minimum atomic E-state index is -4.65. The van der Waals surface area contributed by atoms with Gasteiger partial charge in [-0.2, -0.15) is 0 Å². The van der Waals surface area contributed by atoms with Gasteiger partial charge in [0.2, 0.25) is 0 Å². The smallest absolute Gasteiger partial charge is 0.405 e. The summed E-state index contributed by atoms with van der Waals surface area (Å²) in [4.78, 5) is 2.29. The Morgan fingerprint density at radius 2 is 1.90 bits per heavy atom. The third kappa shape index (κ3) is 5.55. The van der Waals surface area contributed by atoms with E-state index in [1.165, 1.54) is 6.07 Å². The van der Waals surface area contributed by atoms with Crippen molar-refractivity contribution in [3.63, 3.8) is 0 Å². The maximum Gasteiger partial charge on any atom is 0.573 e. The van der Waals surface area contributed by atoms with E-state index >= 15 is 0 Å². The van der Waals surface area contributed by atoms with Crippen molar-refractivity contribution >= 4 is 0 Å². The molecule has 21 heavy (non-hydrogen) atoms. The second kappa shape index (κ2) is 7.13. The Morgan fingerprint density at radius 1 is 1.24 bits per heavy atom. The summed E-state index contributed by atoms with van der Waals surface area (Å²) in [7, 11) is 2.11. The highest BCUT2D eigenvalue weighted by atomic mass is 19.4. The first kappa shape index (κ1) is 16.1. The average molecular weight is 302 g/mol. The quantitative estimate of drug-likeness (QED) is 0.905. The predicted molar refractivity (Wildman–Crippen MR) is 75.1 cm³/mol. The minimum Gasteiger partial charge on any atom is -0.405 e. The van der Waals surface area contributed by atoms with Crippen LogP contribution in [0.2, 0.25) is 0 Å². The van der Waals surface area contributed by atoms with Crippen LogP contribution in [0.3, 0.4) is 0 Å². The minimum absolute atomic E-state index is 0.124. The number of benzene rings is 1. The summed E-state index contributed by atoms with van der Waals surface area (Å²) in [5.41, 5.74) is 0.530. The molecule has 1 aliphatic rings. The molecule has 1 aliphatic heterocycles. The van der Waals surface area contributed by atoms with Crippen molar-refractivity contribution in [1.29, 1.82) is 0 Å². The first-order valence-corrected chi connectivity index (χ1v) is 7.17. The molecule has 0 saturated carbocycles. The molecule has 1 N–H and O–H groups in total. The van der Waals surface area contributed by atoms with E-state index in [0.29, 0.717) is 18.0 Å². The highest BCUT2D eigenvalue weighted by Crippen LogP contribution is 2.26. The van der Waals surface area contributed by atoms with E-state index < -0.39 is 6.36 Å². The van der Waals surface area contributed by atoms with E-state index in [-0.39, 0.29) is 5.75 Å². The standard InChI is InChI=1S/C15H21F3N2O/c1-20-8-6-12(7-9-20)10-19-11-13-4-2-3-5-14(13)21-15(16,17)18/h2-5,12,19H,6-11H2,1H3. The molecule has 0 spiro atoms. The summed E-state index contributed by atoms with van der Waals surface area (Å²) in [5.74, 6) is 0.470. The fourth-order valence-corrected chi connectivity index (χ4v) is 2.55. The van der Waals surface area contributed by atoms with Crippen molar-refractivity contribution in [3.8, 4) is 5.75 Å². The van der Waals surface area contributed by atoms with Gasteiger partial charge in [0.1, 0.15) is 5.75 Å². The molecule has 1 aromatic rings. The van der Waals surface area contributed by atoms with Gasteiger partial charge in [-0.15, -0.1) is 13.2 Å². The summed E-state index contributed by atoms with van der Waals surface area (Å²) >= 11 is 0. The molecule has 0 radical (unpaired) electrons. The Labute approximate surface area is 123 Å². The second-order valence-electron chi connectivity index (χ2n) is 5.53. The lowest BCUT2D eigenvalue weighted by molar-refractivity contribution is -0.274. The lowest BCUT2D eigenvalue weighted by atomic mass is 9.97. The summed E-state index contributed by atoms with van der Waals surface area (Å²) in [6, 6.07) is 6.26. The largest absolute Gasteiger partial charge is 0.573 e. The van der Waals surface area contributed by atoms with Crippen LogP contribution in [-0.2, 0) is 6.54 Å². The predicted octanol–water partition coefficient (Wildman–Crippen LogP) is 3.02. The highest BCUT2D eigenvalue weighted by Gasteiger charge is 2.31. The van der Waals surface area contributed by atoms with Crippen molar-refractivity contribution in [2.24, 2.45) is 5.92 Å². The fourth-order valence-electron chi connectivity index (χ4n) is 2.55. The number of para-hydroxylation sites is 1. The molecule has 1 saturated heterocycles. The maximum atomic E-state index is 12.3. The Morgan fingerprint density at radius 3 is 2.57 bits per heavy atom. The third-order valence-electron chi connectivity index (χ3n) is 3.78. The van der Waals surface area contributed by atoms with Crippen LogP contribution in [0.25, 0.3) is 0 Å². The van der Waals surface area contributed by atoms with Crippen LogP contribution in [0, 0.1) is 5.92 Å². The van der Waals surface area contributed by atoms with E-state index in [1.807, 2.05) is 0 Å². The zero-order valence-electron chi connectivity index (χ0n) is 12.1. The Kier molecular flexibility index (Phi) is 5.47. The van der Waals surface area contributed by atoms with Gasteiger partial charge in [-0.3, -0.25) is 0 Å². The number of nitrogens with zero attached hydrogens (tertiary/aromatic N) is 1. The molecule has 0 aliphatic carbocycles. The molecule has 1 fully saturated rings. The molecule has 0 bridgehead atoms. The van der Waals surface area contributed by atoms with Crippen molar-refractivity contribution < 1.29 is 17.9 Å². The molecule has 1 aromatic carbocycles. The monoisotopic (exact) mass is 302 g/mol. The zero-order valence-corrected chi connectivity index (χ0v) is 12.1. The fraction of sp³-hybridized carbons (Fsp3) is 0.600.